The van der Waals surface area contributed by atoms with Crippen LogP contribution in [0.25, 0.3) is 0 Å². The molecule has 0 radical (unpaired) electrons. The summed E-state index contributed by atoms with van der Waals surface area (Å²) in [5.74, 6) is 1.41. The summed E-state index contributed by atoms with van der Waals surface area (Å²) in [6.07, 6.45) is 6.02. The highest BCUT2D eigenvalue weighted by Gasteiger charge is 2.21. The van der Waals surface area contributed by atoms with E-state index in [0.717, 1.165) is 18.7 Å². The van der Waals surface area contributed by atoms with Crippen molar-refractivity contribution in [3.05, 3.63) is 11.8 Å². The maximum absolute atomic E-state index is 10.4. The molecule has 1 heterocycles. The lowest BCUT2D eigenvalue weighted by Crippen LogP contribution is -2.04. The minimum atomic E-state index is -0.818. The van der Waals surface area contributed by atoms with Gasteiger partial charge in [-0.3, -0.25) is 4.79 Å². The van der Waals surface area contributed by atoms with E-state index in [0.29, 0.717) is 17.6 Å². The van der Waals surface area contributed by atoms with Gasteiger partial charge in [0.05, 0.1) is 11.5 Å². The third-order valence-electron chi connectivity index (χ3n) is 2.89. The lowest BCUT2D eigenvalue weighted by Gasteiger charge is -2.17. The van der Waals surface area contributed by atoms with Crippen LogP contribution < -0.4 is 0 Å². The predicted molar refractivity (Wildman–Crippen MR) is 63.9 cm³/mol. The highest BCUT2D eigenvalue weighted by Crippen LogP contribution is 2.31. The molecule has 94 valence electrons. The lowest BCUT2D eigenvalue weighted by molar-refractivity contribution is -0.133. The van der Waals surface area contributed by atoms with Crippen LogP contribution in [0.15, 0.2) is 4.42 Å². The summed E-state index contributed by atoms with van der Waals surface area (Å²) in [6.45, 7) is 0. The first-order chi connectivity index (χ1) is 8.25. The van der Waals surface area contributed by atoms with Crippen molar-refractivity contribution in [3.8, 4) is 0 Å². The first-order valence-electron chi connectivity index (χ1n) is 5.87. The topological polar surface area (TPSA) is 76.2 Å². The van der Waals surface area contributed by atoms with Gasteiger partial charge in [-0.15, -0.1) is 22.0 Å². The largest absolute Gasteiger partial charge is 0.481 e. The van der Waals surface area contributed by atoms with Crippen molar-refractivity contribution in [2.45, 2.75) is 43.8 Å². The molecule has 5 nitrogen and oxygen atoms in total. The fraction of sp³-hybridized carbons (Fsp3) is 0.727. The van der Waals surface area contributed by atoms with Gasteiger partial charge in [0.1, 0.15) is 0 Å². The molecule has 1 aromatic rings. The van der Waals surface area contributed by atoms with Crippen molar-refractivity contribution in [1.29, 1.82) is 0 Å². The van der Waals surface area contributed by atoms with Crippen molar-refractivity contribution in [1.82, 2.24) is 10.2 Å². The lowest BCUT2D eigenvalue weighted by atomic mass is 9.89. The zero-order chi connectivity index (χ0) is 12.1. The Hall–Kier alpha value is -1.04. The molecule has 0 spiro atoms. The van der Waals surface area contributed by atoms with Crippen LogP contribution in [0, 0.1) is 0 Å². The molecule has 0 saturated heterocycles. The van der Waals surface area contributed by atoms with E-state index in [1.165, 1.54) is 31.0 Å². The van der Waals surface area contributed by atoms with E-state index in [9.17, 15) is 4.79 Å². The Bertz CT molecular complexity index is 375. The number of aromatic nitrogens is 2. The molecule has 1 N–H and O–H groups in total. The van der Waals surface area contributed by atoms with Gasteiger partial charge in [0.2, 0.25) is 11.8 Å². The molecule has 0 unspecified atom stereocenters. The molecule has 0 bridgehead atoms. The van der Waals surface area contributed by atoms with Crippen LogP contribution in [0.2, 0.25) is 0 Å². The Labute approximate surface area is 104 Å². The second kappa shape index (κ2) is 6.05. The van der Waals surface area contributed by atoms with Gasteiger partial charge >= 0.3 is 5.97 Å². The van der Waals surface area contributed by atoms with Crippen LogP contribution in [-0.2, 0) is 10.5 Å². The Morgan fingerprint density at radius 3 is 2.82 bits per heavy atom. The molecule has 1 aromatic heterocycles. The van der Waals surface area contributed by atoms with Crippen molar-refractivity contribution < 1.29 is 14.3 Å². The van der Waals surface area contributed by atoms with E-state index in [1.54, 1.807) is 0 Å². The average Bonchev–Trinajstić information content (AvgIpc) is 2.78. The second-order valence-electron chi connectivity index (χ2n) is 4.26. The maximum Gasteiger partial charge on any atom is 0.313 e. The summed E-state index contributed by atoms with van der Waals surface area (Å²) in [7, 11) is 0. The number of aliphatic carboxylic acids is 1. The Balaban J connectivity index is 1.84. The molecule has 2 rings (SSSR count). The van der Waals surface area contributed by atoms with E-state index in [4.69, 9.17) is 9.52 Å². The maximum atomic E-state index is 10.4. The van der Waals surface area contributed by atoms with Crippen LogP contribution in [-0.4, -0.2) is 27.0 Å². The average molecular weight is 256 g/mol. The van der Waals surface area contributed by atoms with E-state index < -0.39 is 5.97 Å². The molecular weight excluding hydrogens is 240 g/mol. The van der Waals surface area contributed by atoms with Gasteiger partial charge in [0.25, 0.3) is 0 Å². The summed E-state index contributed by atoms with van der Waals surface area (Å²) in [6, 6.07) is 0. The van der Waals surface area contributed by atoms with E-state index in [2.05, 4.69) is 10.2 Å². The van der Waals surface area contributed by atoms with Crippen LogP contribution in [0.3, 0.4) is 0 Å². The molecule has 17 heavy (non-hydrogen) atoms. The second-order valence-corrected chi connectivity index (χ2v) is 5.24. The molecule has 0 amide bonds. The molecule has 1 aliphatic rings. The Morgan fingerprint density at radius 1 is 1.35 bits per heavy atom. The molecule has 1 saturated carbocycles. The van der Waals surface area contributed by atoms with E-state index >= 15 is 0 Å². The first kappa shape index (κ1) is 12.4. The van der Waals surface area contributed by atoms with Gasteiger partial charge in [0, 0.05) is 5.92 Å². The molecule has 6 heteroatoms. The molecule has 1 aliphatic carbocycles. The number of carboxylic acids is 1. The summed E-state index contributed by atoms with van der Waals surface area (Å²) in [5.41, 5.74) is 0. The standard InChI is InChI=1S/C11H16N2O3S/c14-10(15)7-17-6-9-12-13-11(16-9)8-4-2-1-3-5-8/h8H,1-7H2,(H,14,15). The van der Waals surface area contributed by atoms with Crippen molar-refractivity contribution in [2.24, 2.45) is 0 Å². The third-order valence-corrected chi connectivity index (χ3v) is 3.79. The highest BCUT2D eigenvalue weighted by atomic mass is 32.2. The van der Waals surface area contributed by atoms with Gasteiger partial charge in [-0.2, -0.15) is 0 Å². The minimum absolute atomic E-state index is 0.0706. The third kappa shape index (κ3) is 3.73. The molecule has 0 atom stereocenters. The number of thioether (sulfide) groups is 1. The number of rotatable bonds is 5. The smallest absolute Gasteiger partial charge is 0.313 e. The molecule has 0 aromatic carbocycles. The van der Waals surface area contributed by atoms with Crippen molar-refractivity contribution in [2.75, 3.05) is 5.75 Å². The summed E-state index contributed by atoms with van der Waals surface area (Å²) >= 11 is 1.28. The number of hydrogen-bond donors (Lipinski definition) is 1. The zero-order valence-corrected chi connectivity index (χ0v) is 10.4. The zero-order valence-electron chi connectivity index (χ0n) is 9.59. The van der Waals surface area contributed by atoms with Crippen molar-refractivity contribution in [3.63, 3.8) is 0 Å². The minimum Gasteiger partial charge on any atom is -0.481 e. The monoisotopic (exact) mass is 256 g/mol. The van der Waals surface area contributed by atoms with Crippen LogP contribution in [0.4, 0.5) is 0 Å². The van der Waals surface area contributed by atoms with Crippen molar-refractivity contribution >= 4 is 17.7 Å². The quantitative estimate of drug-likeness (QED) is 0.872. The Morgan fingerprint density at radius 2 is 2.12 bits per heavy atom. The SMILES string of the molecule is O=C(O)CSCc1nnc(C2CCCCC2)o1. The van der Waals surface area contributed by atoms with Gasteiger partial charge in [0.15, 0.2) is 0 Å². The molecule has 1 fully saturated rings. The highest BCUT2D eigenvalue weighted by molar-refractivity contribution is 7.99. The molecule has 0 aliphatic heterocycles. The van der Waals surface area contributed by atoms with Crippen LogP contribution >= 0.6 is 11.8 Å². The number of carbonyl (C=O) groups is 1. The number of carboxylic acid groups (broad SMARTS) is 1. The fourth-order valence-electron chi connectivity index (χ4n) is 2.07. The Kier molecular flexibility index (Phi) is 4.42. The molecular formula is C11H16N2O3S. The van der Waals surface area contributed by atoms with Gasteiger partial charge in [-0.1, -0.05) is 19.3 Å². The van der Waals surface area contributed by atoms with E-state index in [1.807, 2.05) is 0 Å². The predicted octanol–water partition coefficient (Wildman–Crippen LogP) is 2.44. The van der Waals surface area contributed by atoms with Gasteiger partial charge in [-0.25, -0.2) is 0 Å². The summed E-state index contributed by atoms with van der Waals surface area (Å²) < 4.78 is 5.57. The summed E-state index contributed by atoms with van der Waals surface area (Å²) in [5, 5.41) is 16.5. The number of hydrogen-bond acceptors (Lipinski definition) is 5. The van der Waals surface area contributed by atoms with Gasteiger partial charge in [-0.05, 0) is 12.8 Å². The fourth-order valence-corrected chi connectivity index (χ4v) is 2.63. The van der Waals surface area contributed by atoms with Crippen LogP contribution in [0.1, 0.15) is 49.8 Å². The normalized spacial score (nSPS) is 17.2. The number of nitrogens with zero attached hydrogens (tertiary/aromatic N) is 2. The van der Waals surface area contributed by atoms with E-state index in [-0.39, 0.29) is 5.75 Å². The van der Waals surface area contributed by atoms with Gasteiger partial charge < -0.3 is 9.52 Å². The van der Waals surface area contributed by atoms with Crippen LogP contribution in [0.5, 0.6) is 0 Å². The first-order valence-corrected chi connectivity index (χ1v) is 7.03. The summed E-state index contributed by atoms with van der Waals surface area (Å²) in [4.78, 5) is 10.4.